The van der Waals surface area contributed by atoms with Gasteiger partial charge < -0.3 is 15.1 Å². The van der Waals surface area contributed by atoms with Crippen molar-refractivity contribution in [3.05, 3.63) is 99.2 Å². The highest BCUT2D eigenvalue weighted by atomic mass is 19.1. The van der Waals surface area contributed by atoms with E-state index in [0.29, 0.717) is 22.2 Å². The van der Waals surface area contributed by atoms with Gasteiger partial charge in [0.1, 0.15) is 17.2 Å². The second-order valence-corrected chi connectivity index (χ2v) is 8.21. The fourth-order valence-corrected chi connectivity index (χ4v) is 3.80. The Morgan fingerprint density at radius 1 is 1.00 bits per heavy atom. The molecule has 0 radical (unpaired) electrons. The molecule has 5 aromatic rings. The molecule has 3 aromatic heterocycles. The van der Waals surface area contributed by atoms with Crippen LogP contribution in [0.1, 0.15) is 49.4 Å². The first-order valence-electron chi connectivity index (χ1n) is 11.1. The lowest BCUT2D eigenvalue weighted by Crippen LogP contribution is -2.28. The van der Waals surface area contributed by atoms with Crippen LogP contribution in [0.4, 0.5) is 4.39 Å². The molecule has 0 bridgehead atoms. The topological polar surface area (TPSA) is 151 Å². The largest absolute Gasteiger partial charge is 0.417 e. The van der Waals surface area contributed by atoms with Gasteiger partial charge in [0.2, 0.25) is 0 Å². The Bertz CT molecular complexity index is 1750. The summed E-state index contributed by atoms with van der Waals surface area (Å²) in [6, 6.07) is 11.9. The Balaban J connectivity index is 1.33. The van der Waals surface area contributed by atoms with E-state index in [2.05, 4.69) is 25.7 Å². The number of aromatic amines is 1. The van der Waals surface area contributed by atoms with Crippen LogP contribution < -0.4 is 16.4 Å². The van der Waals surface area contributed by atoms with E-state index in [-0.39, 0.29) is 35.7 Å². The Morgan fingerprint density at radius 2 is 1.73 bits per heavy atom. The van der Waals surface area contributed by atoms with Crippen molar-refractivity contribution in [1.29, 1.82) is 0 Å². The molecule has 11 nitrogen and oxygen atoms in total. The molecule has 0 aliphatic rings. The SMILES string of the molecule is CC(=O)c1cc(CNC(=O)c2cc(C(=O)NCc3ccc4oc(=O)[nH]c4c3)nc3ccnn23)ccc1F. The number of rotatable bonds is 7. The van der Waals surface area contributed by atoms with E-state index in [0.717, 1.165) is 0 Å². The average Bonchev–Trinajstić information content (AvgIpc) is 3.50. The summed E-state index contributed by atoms with van der Waals surface area (Å²) in [6.45, 7) is 1.42. The summed E-state index contributed by atoms with van der Waals surface area (Å²) in [5.41, 5.74) is 2.43. The number of carbonyl (C=O) groups is 3. The van der Waals surface area contributed by atoms with Crippen LogP contribution in [0.15, 0.2) is 63.9 Å². The van der Waals surface area contributed by atoms with Gasteiger partial charge in [0.25, 0.3) is 11.8 Å². The molecule has 3 N–H and O–H groups in total. The number of H-pyrrole nitrogens is 1. The number of benzene rings is 2. The van der Waals surface area contributed by atoms with Gasteiger partial charge in [0.05, 0.1) is 17.3 Å². The lowest BCUT2D eigenvalue weighted by molar-refractivity contribution is 0.0941. The van der Waals surface area contributed by atoms with Gasteiger partial charge >= 0.3 is 5.76 Å². The third-order valence-corrected chi connectivity index (χ3v) is 5.62. The molecule has 0 saturated carbocycles. The van der Waals surface area contributed by atoms with Crippen LogP contribution in [0, 0.1) is 5.82 Å². The molecule has 5 rings (SSSR count). The van der Waals surface area contributed by atoms with E-state index in [9.17, 15) is 23.6 Å². The maximum atomic E-state index is 13.8. The van der Waals surface area contributed by atoms with Gasteiger partial charge in [0, 0.05) is 25.2 Å². The van der Waals surface area contributed by atoms with E-state index in [1.807, 2.05) is 0 Å². The van der Waals surface area contributed by atoms with Crippen molar-refractivity contribution in [3.8, 4) is 0 Å². The first-order chi connectivity index (χ1) is 17.8. The fourth-order valence-electron chi connectivity index (χ4n) is 3.80. The van der Waals surface area contributed by atoms with Crippen molar-refractivity contribution in [2.24, 2.45) is 0 Å². The molecule has 0 aliphatic carbocycles. The first-order valence-corrected chi connectivity index (χ1v) is 11.1. The third-order valence-electron chi connectivity index (χ3n) is 5.62. The molecule has 37 heavy (non-hydrogen) atoms. The summed E-state index contributed by atoms with van der Waals surface area (Å²) in [7, 11) is 0. The van der Waals surface area contributed by atoms with Crippen molar-refractivity contribution >= 4 is 34.3 Å². The Morgan fingerprint density at radius 3 is 2.51 bits per heavy atom. The molecular weight excluding hydrogens is 483 g/mol. The number of oxazole rings is 1. The molecule has 0 fully saturated rings. The van der Waals surface area contributed by atoms with Crippen molar-refractivity contribution < 1.29 is 23.2 Å². The fraction of sp³-hybridized carbons (Fsp3) is 0.120. The smallest absolute Gasteiger partial charge is 0.408 e. The number of fused-ring (bicyclic) bond motifs is 2. The van der Waals surface area contributed by atoms with Crippen molar-refractivity contribution in [1.82, 2.24) is 30.2 Å². The highest BCUT2D eigenvalue weighted by molar-refractivity contribution is 5.98. The number of amides is 2. The van der Waals surface area contributed by atoms with Gasteiger partial charge in [-0.1, -0.05) is 12.1 Å². The number of aromatic nitrogens is 4. The summed E-state index contributed by atoms with van der Waals surface area (Å²) < 4.78 is 20.1. The number of ketones is 1. The second kappa shape index (κ2) is 9.49. The number of halogens is 1. The number of hydrogen-bond acceptors (Lipinski definition) is 7. The van der Waals surface area contributed by atoms with Crippen molar-refractivity contribution in [3.63, 3.8) is 0 Å². The van der Waals surface area contributed by atoms with Crippen LogP contribution in [0.5, 0.6) is 0 Å². The Hall–Kier alpha value is -5.13. The number of hydrogen-bond donors (Lipinski definition) is 3. The number of carbonyl (C=O) groups excluding carboxylic acids is 3. The molecule has 0 unspecified atom stereocenters. The van der Waals surface area contributed by atoms with E-state index < -0.39 is 29.2 Å². The summed E-state index contributed by atoms with van der Waals surface area (Å²) in [5.74, 6) is -2.70. The minimum atomic E-state index is -0.636. The maximum absolute atomic E-state index is 13.8. The molecule has 3 heterocycles. The number of nitrogens with one attached hydrogen (secondary N) is 3. The number of nitrogens with zero attached hydrogens (tertiary/aromatic N) is 3. The predicted molar refractivity (Wildman–Crippen MR) is 129 cm³/mol. The van der Waals surface area contributed by atoms with Crippen LogP contribution >= 0.6 is 0 Å². The van der Waals surface area contributed by atoms with Crippen LogP contribution in [-0.4, -0.2) is 37.2 Å². The van der Waals surface area contributed by atoms with Gasteiger partial charge in [-0.25, -0.2) is 18.7 Å². The normalized spacial score (nSPS) is 11.1. The van der Waals surface area contributed by atoms with Gasteiger partial charge in [0.15, 0.2) is 17.0 Å². The standard InChI is InChI=1S/C25H19FN6O5/c1-13(33)16-8-14(2-4-17(16)26)11-28-24(35)20-10-19(30-22-6-7-29-32(20)22)23(34)27-12-15-3-5-21-18(9-15)31-25(36)37-21/h2-10H,11-12H2,1H3,(H,27,34)(H,28,35)(H,31,36). The molecular formula is C25H19FN6O5. The molecule has 0 saturated heterocycles. The number of Topliss-reactive ketones (excluding diaryl/α,β-unsaturated/α-hetero) is 1. The molecule has 0 aliphatic heterocycles. The van der Waals surface area contributed by atoms with Crippen LogP contribution in [0.3, 0.4) is 0 Å². The van der Waals surface area contributed by atoms with E-state index in [1.54, 1.807) is 24.3 Å². The van der Waals surface area contributed by atoms with Crippen LogP contribution in [-0.2, 0) is 13.1 Å². The van der Waals surface area contributed by atoms with Gasteiger partial charge in [-0.15, -0.1) is 0 Å². The summed E-state index contributed by atoms with van der Waals surface area (Å²) >= 11 is 0. The van der Waals surface area contributed by atoms with Crippen molar-refractivity contribution in [2.75, 3.05) is 0 Å². The quantitative estimate of drug-likeness (QED) is 0.289. The van der Waals surface area contributed by atoms with Gasteiger partial charge in [-0.3, -0.25) is 19.4 Å². The van der Waals surface area contributed by atoms with E-state index >= 15 is 0 Å². The maximum Gasteiger partial charge on any atom is 0.417 e. The van der Waals surface area contributed by atoms with Gasteiger partial charge in [-0.2, -0.15) is 5.10 Å². The van der Waals surface area contributed by atoms with Crippen LogP contribution in [0.25, 0.3) is 16.7 Å². The molecule has 12 heteroatoms. The van der Waals surface area contributed by atoms with Crippen LogP contribution in [0.2, 0.25) is 0 Å². The zero-order chi connectivity index (χ0) is 26.1. The minimum Gasteiger partial charge on any atom is -0.408 e. The zero-order valence-corrected chi connectivity index (χ0v) is 19.4. The highest BCUT2D eigenvalue weighted by Crippen LogP contribution is 2.14. The monoisotopic (exact) mass is 502 g/mol. The van der Waals surface area contributed by atoms with E-state index in [4.69, 9.17) is 4.42 Å². The lowest BCUT2D eigenvalue weighted by atomic mass is 10.1. The summed E-state index contributed by atoms with van der Waals surface area (Å²) in [4.78, 5) is 55.6. The molecule has 0 spiro atoms. The molecule has 2 aromatic carbocycles. The Kier molecular flexibility index (Phi) is 6.05. The highest BCUT2D eigenvalue weighted by Gasteiger charge is 2.18. The molecule has 0 atom stereocenters. The van der Waals surface area contributed by atoms with Gasteiger partial charge in [-0.05, 0) is 42.3 Å². The molecule has 2 amide bonds. The lowest BCUT2D eigenvalue weighted by Gasteiger charge is -2.10. The average molecular weight is 502 g/mol. The Labute approximate surface area is 207 Å². The zero-order valence-electron chi connectivity index (χ0n) is 19.4. The van der Waals surface area contributed by atoms with E-state index in [1.165, 1.54) is 41.9 Å². The molecule has 186 valence electrons. The first kappa shape index (κ1) is 23.6. The predicted octanol–water partition coefficient (Wildman–Crippen LogP) is 2.37. The minimum absolute atomic E-state index is 0.00315. The summed E-state index contributed by atoms with van der Waals surface area (Å²) in [5, 5.41) is 9.53. The third kappa shape index (κ3) is 4.85. The van der Waals surface area contributed by atoms with Crippen molar-refractivity contribution in [2.45, 2.75) is 20.0 Å². The second-order valence-electron chi connectivity index (χ2n) is 8.21. The summed E-state index contributed by atoms with van der Waals surface area (Å²) in [6.07, 6.45) is 1.45.